The van der Waals surface area contributed by atoms with Crippen molar-refractivity contribution in [2.24, 2.45) is 11.8 Å². The Morgan fingerprint density at radius 2 is 2.00 bits per heavy atom. The van der Waals surface area contributed by atoms with Gasteiger partial charge in [0, 0.05) is 17.3 Å². The molecule has 5 nitrogen and oxygen atoms in total. The topological polar surface area (TPSA) is 66.5 Å². The van der Waals surface area contributed by atoms with Gasteiger partial charge in [-0.1, -0.05) is 26.0 Å². The van der Waals surface area contributed by atoms with Gasteiger partial charge in [-0.05, 0) is 54.9 Å². The fraction of sp³-hybridized carbons (Fsp3) is 0.562. The third kappa shape index (κ3) is 3.40. The van der Waals surface area contributed by atoms with E-state index in [1.807, 2.05) is 12.1 Å². The highest BCUT2D eigenvalue weighted by atomic mass is 15.5. The third-order valence-corrected chi connectivity index (χ3v) is 4.55. The number of anilines is 1. The highest BCUT2D eigenvalue weighted by Crippen LogP contribution is 2.31. The third-order valence-electron chi connectivity index (χ3n) is 4.55. The van der Waals surface area contributed by atoms with Crippen LogP contribution in [0.3, 0.4) is 0 Å². The predicted molar refractivity (Wildman–Crippen MR) is 83.8 cm³/mol. The average Bonchev–Trinajstić information content (AvgIpc) is 3.02. The van der Waals surface area contributed by atoms with E-state index in [-0.39, 0.29) is 0 Å². The quantitative estimate of drug-likeness (QED) is 0.902. The molecule has 0 aliphatic heterocycles. The van der Waals surface area contributed by atoms with Gasteiger partial charge in [-0.2, -0.15) is 5.21 Å². The molecule has 0 bridgehead atoms. The molecular weight excluding hydrogens is 262 g/mol. The summed E-state index contributed by atoms with van der Waals surface area (Å²) >= 11 is 0. The number of aromatic nitrogens is 4. The molecule has 1 aliphatic rings. The number of benzene rings is 1. The molecular formula is C16H23N5. The van der Waals surface area contributed by atoms with Crippen molar-refractivity contribution < 1.29 is 0 Å². The molecule has 0 amide bonds. The summed E-state index contributed by atoms with van der Waals surface area (Å²) in [6.45, 7) is 4.68. The van der Waals surface area contributed by atoms with Gasteiger partial charge in [0.2, 0.25) is 5.82 Å². The van der Waals surface area contributed by atoms with Crippen LogP contribution in [0.25, 0.3) is 11.4 Å². The van der Waals surface area contributed by atoms with E-state index in [4.69, 9.17) is 0 Å². The van der Waals surface area contributed by atoms with Gasteiger partial charge in [0.05, 0.1) is 0 Å². The summed E-state index contributed by atoms with van der Waals surface area (Å²) < 4.78 is 0. The minimum atomic E-state index is 0.584. The largest absolute Gasteiger partial charge is 0.382 e. The molecule has 0 radical (unpaired) electrons. The molecule has 1 fully saturated rings. The lowest BCUT2D eigenvalue weighted by Gasteiger charge is -2.31. The molecule has 112 valence electrons. The molecule has 1 saturated carbocycles. The van der Waals surface area contributed by atoms with Crippen LogP contribution in [0, 0.1) is 11.8 Å². The Labute approximate surface area is 125 Å². The Hall–Kier alpha value is -1.91. The summed E-state index contributed by atoms with van der Waals surface area (Å²) in [4.78, 5) is 0. The Morgan fingerprint density at radius 3 is 2.67 bits per heavy atom. The molecule has 1 aromatic carbocycles. The van der Waals surface area contributed by atoms with Crippen LogP contribution in [0.15, 0.2) is 24.3 Å². The molecule has 5 heteroatoms. The Kier molecular flexibility index (Phi) is 4.18. The van der Waals surface area contributed by atoms with Gasteiger partial charge in [-0.3, -0.25) is 0 Å². The molecule has 1 aromatic heterocycles. The van der Waals surface area contributed by atoms with Gasteiger partial charge in [-0.15, -0.1) is 10.2 Å². The second-order valence-corrected chi connectivity index (χ2v) is 6.32. The molecule has 0 saturated heterocycles. The van der Waals surface area contributed by atoms with E-state index < -0.39 is 0 Å². The average molecular weight is 285 g/mol. The molecule has 21 heavy (non-hydrogen) atoms. The second-order valence-electron chi connectivity index (χ2n) is 6.32. The fourth-order valence-corrected chi connectivity index (χ4v) is 3.20. The first kappa shape index (κ1) is 14.0. The summed E-state index contributed by atoms with van der Waals surface area (Å²) in [6.07, 6.45) is 5.18. The van der Waals surface area contributed by atoms with Crippen LogP contribution in [0.5, 0.6) is 0 Å². The Bertz CT molecular complexity index is 556. The highest BCUT2D eigenvalue weighted by molar-refractivity contribution is 5.61. The van der Waals surface area contributed by atoms with Gasteiger partial charge in [0.25, 0.3) is 0 Å². The van der Waals surface area contributed by atoms with Crippen molar-refractivity contribution in [2.75, 3.05) is 5.32 Å². The maximum Gasteiger partial charge on any atom is 0.204 e. The predicted octanol–water partition coefficient (Wildman–Crippen LogP) is 3.49. The smallest absolute Gasteiger partial charge is 0.204 e. The van der Waals surface area contributed by atoms with Gasteiger partial charge in [0.1, 0.15) is 0 Å². The second kappa shape index (κ2) is 6.24. The fourth-order valence-electron chi connectivity index (χ4n) is 3.20. The summed E-state index contributed by atoms with van der Waals surface area (Å²) in [7, 11) is 0. The normalized spacial score (nSPS) is 22.4. The van der Waals surface area contributed by atoms with E-state index in [0.717, 1.165) is 23.1 Å². The maximum absolute atomic E-state index is 4.03. The van der Waals surface area contributed by atoms with Crippen molar-refractivity contribution >= 4 is 5.69 Å². The zero-order valence-electron chi connectivity index (χ0n) is 12.7. The SMILES string of the molecule is CC(C)C1CCC(Nc2cccc(-c3nn[nH]n3)c2)CC1. The number of aromatic amines is 1. The van der Waals surface area contributed by atoms with E-state index in [1.54, 1.807) is 0 Å². The Balaban J connectivity index is 1.62. The first-order chi connectivity index (χ1) is 10.2. The first-order valence-electron chi connectivity index (χ1n) is 7.83. The minimum Gasteiger partial charge on any atom is -0.382 e. The van der Waals surface area contributed by atoms with E-state index in [9.17, 15) is 0 Å². The van der Waals surface area contributed by atoms with Crippen molar-refractivity contribution in [3.63, 3.8) is 0 Å². The zero-order chi connectivity index (χ0) is 14.7. The lowest BCUT2D eigenvalue weighted by Crippen LogP contribution is -2.27. The van der Waals surface area contributed by atoms with E-state index in [1.165, 1.54) is 25.7 Å². The molecule has 3 rings (SSSR count). The van der Waals surface area contributed by atoms with Gasteiger partial charge in [0.15, 0.2) is 0 Å². The van der Waals surface area contributed by atoms with E-state index in [0.29, 0.717) is 11.9 Å². The molecule has 0 unspecified atom stereocenters. The molecule has 2 aromatic rings. The van der Waals surface area contributed by atoms with Crippen molar-refractivity contribution in [3.8, 4) is 11.4 Å². The number of H-pyrrole nitrogens is 1. The van der Waals surface area contributed by atoms with E-state index >= 15 is 0 Å². The van der Waals surface area contributed by atoms with Crippen LogP contribution in [0.2, 0.25) is 0 Å². The molecule has 2 N–H and O–H groups in total. The molecule has 1 aliphatic carbocycles. The van der Waals surface area contributed by atoms with Crippen molar-refractivity contribution in [3.05, 3.63) is 24.3 Å². The number of rotatable bonds is 4. The molecule has 0 spiro atoms. The van der Waals surface area contributed by atoms with Gasteiger partial charge in [-0.25, -0.2) is 0 Å². The van der Waals surface area contributed by atoms with Crippen LogP contribution in [-0.4, -0.2) is 26.7 Å². The Morgan fingerprint density at radius 1 is 1.19 bits per heavy atom. The monoisotopic (exact) mass is 285 g/mol. The number of nitrogens with zero attached hydrogens (tertiary/aromatic N) is 3. The number of hydrogen-bond acceptors (Lipinski definition) is 4. The van der Waals surface area contributed by atoms with Crippen molar-refractivity contribution in [1.82, 2.24) is 20.6 Å². The molecule has 1 heterocycles. The number of tetrazole rings is 1. The van der Waals surface area contributed by atoms with Crippen LogP contribution >= 0.6 is 0 Å². The lowest BCUT2D eigenvalue weighted by atomic mass is 9.79. The van der Waals surface area contributed by atoms with Gasteiger partial charge < -0.3 is 5.32 Å². The number of nitrogens with one attached hydrogen (secondary N) is 2. The van der Waals surface area contributed by atoms with Crippen molar-refractivity contribution in [2.45, 2.75) is 45.6 Å². The van der Waals surface area contributed by atoms with Gasteiger partial charge >= 0.3 is 0 Å². The first-order valence-corrected chi connectivity index (χ1v) is 7.83. The van der Waals surface area contributed by atoms with Crippen LogP contribution in [0.1, 0.15) is 39.5 Å². The van der Waals surface area contributed by atoms with E-state index in [2.05, 4.69) is 51.9 Å². The summed E-state index contributed by atoms with van der Waals surface area (Å²) in [5.74, 6) is 2.35. The van der Waals surface area contributed by atoms with Crippen LogP contribution < -0.4 is 5.32 Å². The number of hydrogen-bond donors (Lipinski definition) is 2. The summed E-state index contributed by atoms with van der Waals surface area (Å²) in [6, 6.07) is 8.83. The summed E-state index contributed by atoms with van der Waals surface area (Å²) in [5, 5.41) is 17.8. The summed E-state index contributed by atoms with van der Waals surface area (Å²) in [5.41, 5.74) is 2.13. The minimum absolute atomic E-state index is 0.584. The van der Waals surface area contributed by atoms with Crippen LogP contribution in [-0.2, 0) is 0 Å². The standard InChI is InChI=1S/C16H23N5/c1-11(2)12-6-8-14(9-7-12)17-15-5-3-4-13(10-15)16-18-20-21-19-16/h3-5,10-12,14,17H,6-9H2,1-2H3,(H,18,19,20,21). The highest BCUT2D eigenvalue weighted by Gasteiger charge is 2.23. The van der Waals surface area contributed by atoms with Crippen molar-refractivity contribution in [1.29, 1.82) is 0 Å². The lowest BCUT2D eigenvalue weighted by molar-refractivity contribution is 0.267. The maximum atomic E-state index is 4.03. The zero-order valence-corrected chi connectivity index (χ0v) is 12.7. The molecule has 0 atom stereocenters. The van der Waals surface area contributed by atoms with Crippen LogP contribution in [0.4, 0.5) is 5.69 Å².